The molecule has 0 aromatic heterocycles. The molecular weight excluding hydrogens is 214 g/mol. The molecule has 0 unspecified atom stereocenters. The van der Waals surface area contributed by atoms with Crippen molar-refractivity contribution in [2.45, 2.75) is 25.7 Å². The van der Waals surface area contributed by atoms with Crippen LogP contribution in [0.2, 0.25) is 0 Å². The van der Waals surface area contributed by atoms with Crippen LogP contribution in [0.15, 0.2) is 18.7 Å². The Hall–Kier alpha value is -1.77. The minimum Gasteiger partial charge on any atom is -0.496 e. The largest absolute Gasteiger partial charge is 0.496 e. The first-order chi connectivity index (χ1) is 8.27. The van der Waals surface area contributed by atoms with Crippen LogP contribution in [-0.2, 0) is 17.6 Å². The zero-order valence-corrected chi connectivity index (χ0v) is 10.1. The number of ether oxygens (including phenoxy) is 1. The zero-order valence-electron chi connectivity index (χ0n) is 10.1. The number of nitrogens with one attached hydrogen (secondary N) is 1. The molecule has 1 amide bonds. The Bertz CT molecular complexity index is 452. The first-order valence-corrected chi connectivity index (χ1v) is 5.86. The number of carbonyl (C=O) groups is 1. The lowest BCUT2D eigenvalue weighted by molar-refractivity contribution is -0.108. The van der Waals surface area contributed by atoms with E-state index in [4.69, 9.17) is 4.74 Å². The highest BCUT2D eigenvalue weighted by Gasteiger charge is 2.18. The van der Waals surface area contributed by atoms with E-state index < -0.39 is 0 Å². The summed E-state index contributed by atoms with van der Waals surface area (Å²) in [7, 11) is 1.64. The molecule has 0 saturated carbocycles. The smallest absolute Gasteiger partial charge is 0.211 e. The fraction of sp³-hybridized carbons (Fsp3) is 0.357. The molecule has 1 aromatic rings. The lowest BCUT2D eigenvalue weighted by Crippen LogP contribution is -2.14. The van der Waals surface area contributed by atoms with Gasteiger partial charge in [-0.25, -0.2) is 0 Å². The fourth-order valence-corrected chi connectivity index (χ4v) is 2.45. The summed E-state index contributed by atoms with van der Waals surface area (Å²) in [5.74, 6) is 0.782. The molecule has 3 heteroatoms. The van der Waals surface area contributed by atoms with Gasteiger partial charge in [0.15, 0.2) is 0 Å². The minimum atomic E-state index is 0.621. The van der Waals surface area contributed by atoms with Gasteiger partial charge in [0.25, 0.3) is 0 Å². The third kappa shape index (κ3) is 2.18. The number of carbonyl (C=O) groups excluding carboxylic acids is 1. The highest BCUT2D eigenvalue weighted by molar-refractivity contribution is 5.78. The van der Waals surface area contributed by atoms with Crippen molar-refractivity contribution in [3.8, 4) is 5.75 Å². The second-order valence-corrected chi connectivity index (χ2v) is 4.23. The van der Waals surface area contributed by atoms with Gasteiger partial charge in [-0.1, -0.05) is 12.6 Å². The van der Waals surface area contributed by atoms with E-state index in [1.165, 1.54) is 24.0 Å². The number of rotatable bonds is 4. The van der Waals surface area contributed by atoms with E-state index in [1.807, 2.05) is 6.07 Å². The number of methoxy groups -OCH3 is 1. The highest BCUT2D eigenvalue weighted by Crippen LogP contribution is 2.34. The first kappa shape index (κ1) is 11.7. The number of hydrogen-bond acceptors (Lipinski definition) is 2. The van der Waals surface area contributed by atoms with Crippen LogP contribution in [0.3, 0.4) is 0 Å². The van der Waals surface area contributed by atoms with E-state index in [2.05, 4.69) is 18.0 Å². The van der Waals surface area contributed by atoms with Crippen molar-refractivity contribution in [2.24, 2.45) is 0 Å². The van der Waals surface area contributed by atoms with E-state index in [1.54, 1.807) is 7.11 Å². The molecule has 90 valence electrons. The molecule has 0 fully saturated rings. The number of benzene rings is 1. The molecule has 0 heterocycles. The van der Waals surface area contributed by atoms with Crippen molar-refractivity contribution >= 4 is 12.1 Å². The molecule has 0 radical (unpaired) electrons. The maximum Gasteiger partial charge on any atom is 0.211 e. The number of amides is 1. The second-order valence-electron chi connectivity index (χ2n) is 4.23. The van der Waals surface area contributed by atoms with Gasteiger partial charge in [-0.05, 0) is 42.9 Å². The normalized spacial score (nSPS) is 13.7. The van der Waals surface area contributed by atoms with E-state index in [0.717, 1.165) is 24.2 Å². The summed E-state index contributed by atoms with van der Waals surface area (Å²) in [6.07, 6.45) is 5.19. The maximum absolute atomic E-state index is 10.5. The Balaban J connectivity index is 2.51. The van der Waals surface area contributed by atoms with Crippen molar-refractivity contribution in [3.05, 3.63) is 35.4 Å². The van der Waals surface area contributed by atoms with Gasteiger partial charge >= 0.3 is 0 Å². The number of hydrogen-bond donors (Lipinski definition) is 1. The molecule has 1 aromatic carbocycles. The Kier molecular flexibility index (Phi) is 3.47. The van der Waals surface area contributed by atoms with Crippen LogP contribution in [-0.4, -0.2) is 13.5 Å². The predicted molar refractivity (Wildman–Crippen MR) is 67.9 cm³/mol. The van der Waals surface area contributed by atoms with Crippen molar-refractivity contribution < 1.29 is 9.53 Å². The van der Waals surface area contributed by atoms with Crippen LogP contribution >= 0.6 is 0 Å². The Morgan fingerprint density at radius 2 is 2.18 bits per heavy atom. The van der Waals surface area contributed by atoms with Gasteiger partial charge in [0.2, 0.25) is 6.41 Å². The quantitative estimate of drug-likeness (QED) is 0.807. The number of fused-ring (bicyclic) bond motifs is 1. The highest BCUT2D eigenvalue weighted by atomic mass is 16.5. The van der Waals surface area contributed by atoms with E-state index >= 15 is 0 Å². The molecule has 0 aliphatic heterocycles. The average molecular weight is 231 g/mol. The molecule has 1 aliphatic rings. The van der Waals surface area contributed by atoms with Crippen LogP contribution in [0.1, 0.15) is 29.5 Å². The predicted octanol–water partition coefficient (Wildman–Crippen LogP) is 2.29. The van der Waals surface area contributed by atoms with Gasteiger partial charge in [-0.2, -0.15) is 0 Å². The SMILES string of the molecule is C=C(NC=O)c1c(OC)ccc2c1CCCC2. The molecule has 0 saturated heterocycles. The van der Waals surface area contributed by atoms with Gasteiger partial charge in [-0.3, -0.25) is 4.79 Å². The van der Waals surface area contributed by atoms with Gasteiger partial charge in [0.1, 0.15) is 5.75 Å². The van der Waals surface area contributed by atoms with Crippen molar-refractivity contribution in [1.29, 1.82) is 0 Å². The lowest BCUT2D eigenvalue weighted by atomic mass is 9.87. The molecule has 3 nitrogen and oxygen atoms in total. The van der Waals surface area contributed by atoms with E-state index in [9.17, 15) is 4.79 Å². The topological polar surface area (TPSA) is 38.3 Å². The van der Waals surface area contributed by atoms with Crippen LogP contribution in [0.4, 0.5) is 0 Å². The summed E-state index contributed by atoms with van der Waals surface area (Å²) in [6.45, 7) is 3.91. The van der Waals surface area contributed by atoms with Crippen molar-refractivity contribution in [3.63, 3.8) is 0 Å². The summed E-state index contributed by atoms with van der Waals surface area (Å²) in [6, 6.07) is 4.07. The summed E-state index contributed by atoms with van der Waals surface area (Å²) >= 11 is 0. The summed E-state index contributed by atoms with van der Waals surface area (Å²) < 4.78 is 5.36. The van der Waals surface area contributed by atoms with Crippen LogP contribution in [0.5, 0.6) is 5.75 Å². The Labute approximate surface area is 101 Å². The standard InChI is InChI=1S/C14H17NO2/c1-10(15-9-16)14-12-6-4-3-5-11(12)7-8-13(14)17-2/h7-9H,1,3-6H2,2H3,(H,15,16). The molecule has 17 heavy (non-hydrogen) atoms. The van der Waals surface area contributed by atoms with Crippen LogP contribution in [0.25, 0.3) is 5.70 Å². The minimum absolute atomic E-state index is 0.621. The Morgan fingerprint density at radius 1 is 1.41 bits per heavy atom. The molecule has 0 atom stereocenters. The fourth-order valence-electron chi connectivity index (χ4n) is 2.45. The average Bonchev–Trinajstić information content (AvgIpc) is 2.37. The van der Waals surface area contributed by atoms with Gasteiger partial charge < -0.3 is 10.1 Å². The Morgan fingerprint density at radius 3 is 2.88 bits per heavy atom. The first-order valence-electron chi connectivity index (χ1n) is 5.86. The van der Waals surface area contributed by atoms with Gasteiger partial charge in [0.05, 0.1) is 7.11 Å². The number of aryl methyl sites for hydroxylation is 1. The van der Waals surface area contributed by atoms with Gasteiger partial charge in [0, 0.05) is 11.3 Å². The third-order valence-electron chi connectivity index (χ3n) is 3.25. The molecular formula is C14H17NO2. The molecule has 0 bridgehead atoms. The van der Waals surface area contributed by atoms with E-state index in [-0.39, 0.29) is 0 Å². The van der Waals surface area contributed by atoms with Crippen LogP contribution in [0, 0.1) is 0 Å². The zero-order chi connectivity index (χ0) is 12.3. The molecule has 0 spiro atoms. The monoisotopic (exact) mass is 231 g/mol. The third-order valence-corrected chi connectivity index (χ3v) is 3.25. The van der Waals surface area contributed by atoms with Crippen LogP contribution < -0.4 is 10.1 Å². The lowest BCUT2D eigenvalue weighted by Gasteiger charge is -2.22. The van der Waals surface area contributed by atoms with Gasteiger partial charge in [-0.15, -0.1) is 0 Å². The summed E-state index contributed by atoms with van der Waals surface area (Å²) in [5.41, 5.74) is 4.20. The summed E-state index contributed by atoms with van der Waals surface area (Å²) in [5, 5.41) is 2.63. The van der Waals surface area contributed by atoms with Crippen molar-refractivity contribution in [1.82, 2.24) is 5.32 Å². The van der Waals surface area contributed by atoms with Crippen molar-refractivity contribution in [2.75, 3.05) is 7.11 Å². The second kappa shape index (κ2) is 5.04. The summed E-state index contributed by atoms with van der Waals surface area (Å²) in [4.78, 5) is 10.5. The molecule has 2 rings (SSSR count). The molecule has 1 N–H and O–H groups in total. The molecule has 1 aliphatic carbocycles. The maximum atomic E-state index is 10.5. The van der Waals surface area contributed by atoms with E-state index in [0.29, 0.717) is 12.1 Å².